The van der Waals surface area contributed by atoms with Crippen LogP contribution in [0.5, 0.6) is 17.2 Å². The monoisotopic (exact) mass is 282 g/mol. The summed E-state index contributed by atoms with van der Waals surface area (Å²) in [5.41, 5.74) is 0.0201. The summed E-state index contributed by atoms with van der Waals surface area (Å²) in [7, 11) is 0. The number of carbonyl (C=O) groups excluding carboxylic acids is 1. The minimum absolute atomic E-state index is 0.0201. The molecule has 1 aromatic rings. The van der Waals surface area contributed by atoms with Crippen LogP contribution in [0.4, 0.5) is 0 Å². The zero-order valence-electron chi connectivity index (χ0n) is 11.9. The summed E-state index contributed by atoms with van der Waals surface area (Å²) in [5.74, 6) is -2.34. The van der Waals surface area contributed by atoms with Gasteiger partial charge in [0.05, 0.1) is 5.56 Å². The van der Waals surface area contributed by atoms with E-state index in [1.807, 2.05) is 6.92 Å². The van der Waals surface area contributed by atoms with Gasteiger partial charge in [-0.1, -0.05) is 26.7 Å². The van der Waals surface area contributed by atoms with Gasteiger partial charge in [-0.15, -0.1) is 0 Å². The highest BCUT2D eigenvalue weighted by atomic mass is 16.5. The quantitative estimate of drug-likeness (QED) is 0.405. The zero-order chi connectivity index (χ0) is 15.1. The number of hydrogen-bond donors (Lipinski definition) is 3. The fraction of sp³-hybridized carbons (Fsp3) is 0.533. The minimum Gasteiger partial charge on any atom is -0.504 e. The van der Waals surface area contributed by atoms with Gasteiger partial charge in [-0.2, -0.15) is 0 Å². The van der Waals surface area contributed by atoms with Gasteiger partial charge in [0.25, 0.3) is 0 Å². The lowest BCUT2D eigenvalue weighted by Crippen LogP contribution is -2.17. The average Bonchev–Trinajstić information content (AvgIpc) is 2.43. The van der Waals surface area contributed by atoms with Crippen molar-refractivity contribution in [2.75, 3.05) is 0 Å². The molecule has 5 nitrogen and oxygen atoms in total. The van der Waals surface area contributed by atoms with Gasteiger partial charge in [0.15, 0.2) is 17.2 Å². The number of benzene rings is 1. The van der Waals surface area contributed by atoms with E-state index in [0.29, 0.717) is 6.42 Å². The van der Waals surface area contributed by atoms with E-state index in [-0.39, 0.29) is 11.7 Å². The van der Waals surface area contributed by atoms with E-state index in [0.717, 1.165) is 37.8 Å². The highest BCUT2D eigenvalue weighted by molar-refractivity contribution is 5.91. The zero-order valence-corrected chi connectivity index (χ0v) is 11.9. The Labute approximate surface area is 118 Å². The Kier molecular flexibility index (Phi) is 6.15. The average molecular weight is 282 g/mol. The number of rotatable bonds is 7. The van der Waals surface area contributed by atoms with Gasteiger partial charge in [0, 0.05) is 0 Å². The van der Waals surface area contributed by atoms with Crippen LogP contribution in [0.15, 0.2) is 12.1 Å². The van der Waals surface area contributed by atoms with Crippen molar-refractivity contribution in [1.82, 2.24) is 0 Å². The van der Waals surface area contributed by atoms with Gasteiger partial charge in [0.2, 0.25) is 0 Å². The summed E-state index contributed by atoms with van der Waals surface area (Å²) in [6, 6.07) is 2.16. The van der Waals surface area contributed by atoms with E-state index in [9.17, 15) is 20.1 Å². The smallest absolute Gasteiger partial charge is 0.338 e. The first kappa shape index (κ1) is 16.1. The van der Waals surface area contributed by atoms with E-state index < -0.39 is 23.2 Å². The van der Waals surface area contributed by atoms with Gasteiger partial charge < -0.3 is 20.1 Å². The number of phenolic OH excluding ortho intramolecular Hbond substituents is 3. The van der Waals surface area contributed by atoms with Crippen molar-refractivity contribution in [2.24, 2.45) is 0 Å². The van der Waals surface area contributed by atoms with Crippen LogP contribution >= 0.6 is 0 Å². The molecule has 5 heteroatoms. The largest absolute Gasteiger partial charge is 0.504 e. The molecular weight excluding hydrogens is 260 g/mol. The number of ether oxygens (including phenoxy) is 1. The predicted octanol–water partition coefficient (Wildman–Crippen LogP) is 3.32. The van der Waals surface area contributed by atoms with Crippen LogP contribution in [0.3, 0.4) is 0 Å². The Morgan fingerprint density at radius 1 is 1.15 bits per heavy atom. The van der Waals surface area contributed by atoms with Crippen LogP contribution in [0.1, 0.15) is 56.3 Å². The van der Waals surface area contributed by atoms with E-state index >= 15 is 0 Å². The molecule has 0 aliphatic rings. The molecule has 0 amide bonds. The van der Waals surface area contributed by atoms with Crippen molar-refractivity contribution >= 4 is 5.97 Å². The molecule has 0 aromatic heterocycles. The summed E-state index contributed by atoms with van der Waals surface area (Å²) < 4.78 is 5.34. The first-order chi connectivity index (χ1) is 9.49. The number of aromatic hydroxyl groups is 3. The van der Waals surface area contributed by atoms with Crippen LogP contribution in [0, 0.1) is 0 Å². The number of carbonyl (C=O) groups is 1. The SMILES string of the molecule is CCCCCC(CC)OC(=O)c1cc(O)c(O)c(O)c1. The third kappa shape index (κ3) is 4.33. The maximum absolute atomic E-state index is 11.9. The van der Waals surface area contributed by atoms with Gasteiger partial charge in [0.1, 0.15) is 6.10 Å². The van der Waals surface area contributed by atoms with Crippen LogP contribution in [0.2, 0.25) is 0 Å². The molecule has 112 valence electrons. The molecule has 1 aromatic carbocycles. The number of hydrogen-bond acceptors (Lipinski definition) is 5. The van der Waals surface area contributed by atoms with Crippen molar-refractivity contribution in [2.45, 2.75) is 52.1 Å². The van der Waals surface area contributed by atoms with Gasteiger partial charge in [-0.05, 0) is 31.4 Å². The Morgan fingerprint density at radius 3 is 2.25 bits per heavy atom. The lowest BCUT2D eigenvalue weighted by Gasteiger charge is -2.16. The topological polar surface area (TPSA) is 87.0 Å². The summed E-state index contributed by atoms with van der Waals surface area (Å²) in [6.07, 6.45) is 4.53. The first-order valence-corrected chi connectivity index (χ1v) is 6.95. The Bertz CT molecular complexity index is 433. The Hall–Kier alpha value is -1.91. The number of unbranched alkanes of at least 4 members (excludes halogenated alkanes) is 2. The van der Waals surface area contributed by atoms with Crippen molar-refractivity contribution in [3.05, 3.63) is 17.7 Å². The van der Waals surface area contributed by atoms with Crippen molar-refractivity contribution in [1.29, 1.82) is 0 Å². The second-order valence-corrected chi connectivity index (χ2v) is 4.79. The summed E-state index contributed by atoms with van der Waals surface area (Å²) in [4.78, 5) is 11.9. The number of phenols is 3. The molecule has 1 unspecified atom stereocenters. The normalized spacial score (nSPS) is 12.1. The van der Waals surface area contributed by atoms with E-state index in [2.05, 4.69) is 6.92 Å². The summed E-state index contributed by atoms with van der Waals surface area (Å²) >= 11 is 0. The Morgan fingerprint density at radius 2 is 1.75 bits per heavy atom. The molecule has 20 heavy (non-hydrogen) atoms. The fourth-order valence-electron chi connectivity index (χ4n) is 1.91. The third-order valence-corrected chi connectivity index (χ3v) is 3.16. The molecule has 0 saturated heterocycles. The van der Waals surface area contributed by atoms with Gasteiger partial charge >= 0.3 is 5.97 Å². The van der Waals surface area contributed by atoms with Crippen molar-refractivity contribution < 1.29 is 24.9 Å². The molecule has 0 heterocycles. The predicted molar refractivity (Wildman–Crippen MR) is 75.1 cm³/mol. The summed E-state index contributed by atoms with van der Waals surface area (Å²) in [5, 5.41) is 28.0. The summed E-state index contributed by atoms with van der Waals surface area (Å²) in [6.45, 7) is 4.05. The van der Waals surface area contributed by atoms with Crippen LogP contribution < -0.4 is 0 Å². The highest BCUT2D eigenvalue weighted by Gasteiger charge is 2.18. The van der Waals surface area contributed by atoms with Gasteiger partial charge in [-0.3, -0.25) is 0 Å². The molecule has 1 rings (SSSR count). The highest BCUT2D eigenvalue weighted by Crippen LogP contribution is 2.35. The minimum atomic E-state index is -0.642. The van der Waals surface area contributed by atoms with E-state index in [4.69, 9.17) is 4.74 Å². The second-order valence-electron chi connectivity index (χ2n) is 4.79. The number of esters is 1. The molecule has 0 spiro atoms. The molecular formula is C15H22O5. The maximum atomic E-state index is 11.9. The third-order valence-electron chi connectivity index (χ3n) is 3.16. The molecule has 0 bridgehead atoms. The molecule has 0 radical (unpaired) electrons. The van der Waals surface area contributed by atoms with Crippen LogP contribution in [-0.4, -0.2) is 27.4 Å². The first-order valence-electron chi connectivity index (χ1n) is 6.95. The van der Waals surface area contributed by atoms with E-state index in [1.54, 1.807) is 0 Å². The van der Waals surface area contributed by atoms with E-state index in [1.165, 1.54) is 0 Å². The van der Waals surface area contributed by atoms with Crippen molar-refractivity contribution in [3.8, 4) is 17.2 Å². The van der Waals surface area contributed by atoms with Gasteiger partial charge in [-0.25, -0.2) is 4.79 Å². The van der Waals surface area contributed by atoms with Crippen molar-refractivity contribution in [3.63, 3.8) is 0 Å². The molecule has 1 atom stereocenters. The lowest BCUT2D eigenvalue weighted by molar-refractivity contribution is 0.0266. The fourth-order valence-corrected chi connectivity index (χ4v) is 1.91. The molecule has 0 aliphatic carbocycles. The second kappa shape index (κ2) is 7.62. The van der Waals surface area contributed by atoms with Crippen LogP contribution in [-0.2, 0) is 4.74 Å². The molecule has 0 aliphatic heterocycles. The van der Waals surface area contributed by atoms with Crippen LogP contribution in [0.25, 0.3) is 0 Å². The molecule has 0 saturated carbocycles. The Balaban J connectivity index is 2.69. The lowest BCUT2D eigenvalue weighted by atomic mass is 10.1. The molecule has 0 fully saturated rings. The standard InChI is InChI=1S/C15H22O5/c1-3-5-6-7-11(4-2)20-15(19)10-8-12(16)14(18)13(17)9-10/h8-9,11,16-18H,3-7H2,1-2H3. The molecule has 3 N–H and O–H groups in total. The maximum Gasteiger partial charge on any atom is 0.338 e.